The first-order valence-corrected chi connectivity index (χ1v) is 16.5. The maximum atomic E-state index is 9.58. The fourth-order valence-electron chi connectivity index (χ4n) is 7.53. The zero-order chi connectivity index (χ0) is 32.8. The Kier molecular flexibility index (Phi) is 7.32. The van der Waals surface area contributed by atoms with E-state index in [1.165, 1.54) is 22.0 Å². The van der Waals surface area contributed by atoms with E-state index in [-0.39, 0.29) is 17.5 Å². The molecule has 4 aromatic carbocycles. The Balaban J connectivity index is 1.20. The first-order chi connectivity index (χ1) is 23.4. The molecule has 0 fully saturated rings. The summed E-state index contributed by atoms with van der Waals surface area (Å²) in [5.41, 5.74) is 16.1. The van der Waals surface area contributed by atoms with Crippen LogP contribution in [0.25, 0.3) is 23.9 Å². The fraction of sp³-hybridized carbons (Fsp3) is 0.163. The number of rotatable bonds is 6. The fourth-order valence-corrected chi connectivity index (χ4v) is 7.53. The highest BCUT2D eigenvalue weighted by atomic mass is 16.3. The van der Waals surface area contributed by atoms with Crippen LogP contribution in [-0.2, 0) is 0 Å². The lowest BCUT2D eigenvalue weighted by molar-refractivity contribution is 0.443. The molecule has 0 amide bonds. The number of fused-ring (bicyclic) bond motifs is 6. The summed E-state index contributed by atoms with van der Waals surface area (Å²) in [6.45, 7) is 4.58. The third kappa shape index (κ3) is 5.02. The van der Waals surface area contributed by atoms with Gasteiger partial charge in [0, 0.05) is 45.8 Å². The second-order valence-corrected chi connectivity index (χ2v) is 13.1. The maximum Gasteiger partial charge on any atom is 0.131 e. The summed E-state index contributed by atoms with van der Waals surface area (Å²) in [6.07, 6.45) is 14.1. The van der Waals surface area contributed by atoms with Crippen molar-refractivity contribution in [2.24, 2.45) is 10.7 Å². The van der Waals surface area contributed by atoms with Gasteiger partial charge >= 0.3 is 0 Å². The molecule has 5 nitrogen and oxygen atoms in total. The molecule has 234 valence electrons. The molecule has 8 rings (SSSR count). The quantitative estimate of drug-likeness (QED) is 0.194. The van der Waals surface area contributed by atoms with Crippen LogP contribution in [-0.4, -0.2) is 11.8 Å². The summed E-state index contributed by atoms with van der Waals surface area (Å²) < 4.78 is 6.52. The normalized spacial score (nSPS) is 21.4. The van der Waals surface area contributed by atoms with Crippen LogP contribution in [0, 0.1) is 11.3 Å². The number of benzene rings is 4. The molecule has 0 spiro atoms. The second-order valence-electron chi connectivity index (χ2n) is 13.1. The van der Waals surface area contributed by atoms with Crippen molar-refractivity contribution in [1.29, 1.82) is 5.26 Å². The van der Waals surface area contributed by atoms with E-state index in [0.29, 0.717) is 17.2 Å². The van der Waals surface area contributed by atoms with Crippen LogP contribution in [0.3, 0.4) is 0 Å². The standard InChI is InChI=1S/C43H36N4O/c1-28-11-8-19-34-36-25-43(2)37(23-41(36)48-42(28)34)35-18-6-7-20-40(35)47(43)33-17-10-13-30(22-33)27-46-39(32-16-9-12-29(21-32)26-44)24-38(45)31-14-4-3-5-15-31/h3-10,12-25,27-28,37-38H,11,45H2,1-2H3/b39-24-,46-27+. The lowest BCUT2D eigenvalue weighted by atomic mass is 9.79. The molecule has 5 aromatic rings. The molecule has 1 aliphatic heterocycles. The van der Waals surface area contributed by atoms with E-state index in [4.69, 9.17) is 15.1 Å². The van der Waals surface area contributed by atoms with Crippen LogP contribution in [0.5, 0.6) is 0 Å². The number of allylic oxidation sites excluding steroid dienone is 1. The highest BCUT2D eigenvalue weighted by molar-refractivity contribution is 5.89. The Bertz CT molecular complexity index is 2300. The number of hydrogen-bond donors (Lipinski definition) is 1. The molecule has 0 saturated carbocycles. The van der Waals surface area contributed by atoms with Gasteiger partial charge < -0.3 is 15.1 Å². The SMILES string of the molecule is CC1CC=Cc2c1oc1c2=CC2(C)C(C=1)c1ccccc1N2c1cccc(/C=N/C(=C\C(N)c2ccccc2)c2cccc(C#N)c2)c1. The number of nitrogens with zero attached hydrogens (tertiary/aromatic N) is 3. The van der Waals surface area contributed by atoms with Crippen LogP contribution in [0.15, 0.2) is 125 Å². The van der Waals surface area contributed by atoms with E-state index < -0.39 is 0 Å². The highest BCUT2D eigenvalue weighted by Crippen LogP contribution is 2.53. The number of nitriles is 1. The Morgan fingerprint density at radius 1 is 1.02 bits per heavy atom. The van der Waals surface area contributed by atoms with Crippen molar-refractivity contribution in [3.63, 3.8) is 0 Å². The average Bonchev–Trinajstić information content (AvgIpc) is 3.61. The van der Waals surface area contributed by atoms with E-state index in [1.807, 2.05) is 60.8 Å². The van der Waals surface area contributed by atoms with Crippen LogP contribution in [0.1, 0.15) is 77.3 Å². The van der Waals surface area contributed by atoms with Gasteiger partial charge in [0.25, 0.3) is 0 Å². The third-order valence-corrected chi connectivity index (χ3v) is 9.93. The van der Waals surface area contributed by atoms with Crippen molar-refractivity contribution in [3.8, 4) is 6.07 Å². The minimum atomic E-state index is -0.358. The molecule has 1 aromatic heterocycles. The second kappa shape index (κ2) is 11.8. The van der Waals surface area contributed by atoms with Gasteiger partial charge in [0.1, 0.15) is 11.2 Å². The molecule has 3 aliphatic rings. The van der Waals surface area contributed by atoms with Crippen LogP contribution >= 0.6 is 0 Å². The molecule has 4 atom stereocenters. The van der Waals surface area contributed by atoms with Crippen LogP contribution < -0.4 is 21.3 Å². The molecular weight excluding hydrogens is 589 g/mol. The highest BCUT2D eigenvalue weighted by Gasteiger charge is 2.48. The summed E-state index contributed by atoms with van der Waals surface area (Å²) >= 11 is 0. The summed E-state index contributed by atoms with van der Waals surface area (Å²) in [7, 11) is 0. The molecule has 5 heteroatoms. The maximum absolute atomic E-state index is 9.58. The van der Waals surface area contributed by atoms with Crippen molar-refractivity contribution in [3.05, 3.63) is 165 Å². The number of hydrogen-bond acceptors (Lipinski definition) is 5. The molecule has 0 bridgehead atoms. The minimum absolute atomic E-state index is 0.131. The smallest absolute Gasteiger partial charge is 0.131 e. The number of aliphatic imine (C=N–C) groups is 1. The molecule has 4 unspecified atom stereocenters. The van der Waals surface area contributed by atoms with Crippen molar-refractivity contribution in [1.82, 2.24) is 0 Å². The zero-order valence-corrected chi connectivity index (χ0v) is 27.0. The van der Waals surface area contributed by atoms with Gasteiger partial charge in [-0.15, -0.1) is 0 Å². The van der Waals surface area contributed by atoms with E-state index in [0.717, 1.165) is 40.0 Å². The largest absolute Gasteiger partial charge is 0.460 e. The summed E-state index contributed by atoms with van der Waals surface area (Å²) in [6, 6.07) is 36.6. The van der Waals surface area contributed by atoms with Crippen molar-refractivity contribution in [2.75, 3.05) is 4.90 Å². The molecule has 2 aliphatic carbocycles. The van der Waals surface area contributed by atoms with E-state index in [2.05, 4.69) is 97.7 Å². The van der Waals surface area contributed by atoms with Gasteiger partial charge in [-0.25, -0.2) is 0 Å². The van der Waals surface area contributed by atoms with Crippen molar-refractivity contribution in [2.45, 2.75) is 43.7 Å². The van der Waals surface area contributed by atoms with Gasteiger partial charge in [-0.2, -0.15) is 5.26 Å². The van der Waals surface area contributed by atoms with Gasteiger partial charge in [0.2, 0.25) is 0 Å². The van der Waals surface area contributed by atoms with E-state index >= 15 is 0 Å². The summed E-state index contributed by atoms with van der Waals surface area (Å²) in [5, 5.41) is 10.8. The molecule has 2 heterocycles. The van der Waals surface area contributed by atoms with Crippen molar-refractivity contribution < 1.29 is 4.42 Å². The van der Waals surface area contributed by atoms with Crippen LogP contribution in [0.2, 0.25) is 0 Å². The number of para-hydroxylation sites is 1. The monoisotopic (exact) mass is 624 g/mol. The van der Waals surface area contributed by atoms with Crippen LogP contribution in [0.4, 0.5) is 11.4 Å². The van der Waals surface area contributed by atoms with Crippen molar-refractivity contribution >= 4 is 41.5 Å². The third-order valence-electron chi connectivity index (χ3n) is 9.93. The Morgan fingerprint density at radius 2 is 1.83 bits per heavy atom. The zero-order valence-electron chi connectivity index (χ0n) is 27.0. The molecule has 0 radical (unpaired) electrons. The van der Waals surface area contributed by atoms with Gasteiger partial charge in [0.15, 0.2) is 0 Å². The minimum Gasteiger partial charge on any atom is -0.460 e. The average molecular weight is 625 g/mol. The lowest BCUT2D eigenvalue weighted by Gasteiger charge is -2.39. The first kappa shape index (κ1) is 29.7. The lowest BCUT2D eigenvalue weighted by Crippen LogP contribution is -2.47. The van der Waals surface area contributed by atoms with Gasteiger partial charge in [-0.05, 0) is 78.6 Å². The molecule has 0 saturated heterocycles. The molecule has 2 N–H and O–H groups in total. The Hall–Kier alpha value is -5.70. The molecule has 48 heavy (non-hydrogen) atoms. The Labute approximate surface area is 281 Å². The predicted octanol–water partition coefficient (Wildman–Crippen LogP) is 8.10. The van der Waals surface area contributed by atoms with Gasteiger partial charge in [-0.1, -0.05) is 91.9 Å². The van der Waals surface area contributed by atoms with Gasteiger partial charge in [0.05, 0.1) is 28.9 Å². The van der Waals surface area contributed by atoms with Gasteiger partial charge in [-0.3, -0.25) is 4.99 Å². The number of furan rings is 1. The Morgan fingerprint density at radius 3 is 2.69 bits per heavy atom. The summed E-state index contributed by atoms with van der Waals surface area (Å²) in [4.78, 5) is 7.46. The molecular formula is C43H36N4O. The van der Waals surface area contributed by atoms with E-state index in [1.54, 1.807) is 6.07 Å². The first-order valence-electron chi connectivity index (χ1n) is 16.5. The van der Waals surface area contributed by atoms with E-state index in [9.17, 15) is 5.26 Å². The topological polar surface area (TPSA) is 78.6 Å². The predicted molar refractivity (Wildman–Crippen MR) is 195 cm³/mol. The summed E-state index contributed by atoms with van der Waals surface area (Å²) in [5.74, 6) is 1.59. The number of anilines is 2. The number of nitrogens with two attached hydrogens (primary N) is 1.